The van der Waals surface area contributed by atoms with Crippen LogP contribution in [0.3, 0.4) is 0 Å². The average molecular weight is 246 g/mol. The third-order valence-electron chi connectivity index (χ3n) is 2.59. The molecule has 1 N–H and O–H groups in total. The zero-order chi connectivity index (χ0) is 13.4. The number of allylic oxidation sites excluding steroid dienone is 3. The SMILES string of the molecule is CC(C)=CCC/C(C)=C/COc1cccc(O)c1. The predicted molar refractivity (Wildman–Crippen MR) is 76.0 cm³/mol. The van der Waals surface area contributed by atoms with E-state index in [1.165, 1.54) is 11.1 Å². The van der Waals surface area contributed by atoms with Gasteiger partial charge in [-0.05, 0) is 51.8 Å². The van der Waals surface area contributed by atoms with E-state index in [1.807, 2.05) is 6.07 Å². The number of hydrogen-bond donors (Lipinski definition) is 1. The second-order valence-electron chi connectivity index (χ2n) is 4.68. The van der Waals surface area contributed by atoms with Crippen molar-refractivity contribution in [1.29, 1.82) is 0 Å². The summed E-state index contributed by atoms with van der Waals surface area (Å²) in [5.74, 6) is 0.931. The zero-order valence-electron chi connectivity index (χ0n) is 11.4. The van der Waals surface area contributed by atoms with Gasteiger partial charge in [0.15, 0.2) is 0 Å². The summed E-state index contributed by atoms with van der Waals surface area (Å²) >= 11 is 0. The maximum Gasteiger partial charge on any atom is 0.123 e. The second-order valence-corrected chi connectivity index (χ2v) is 4.68. The van der Waals surface area contributed by atoms with Gasteiger partial charge in [0, 0.05) is 6.07 Å². The van der Waals surface area contributed by atoms with Crippen LogP contribution in [0, 0.1) is 0 Å². The Labute approximate surface area is 110 Å². The summed E-state index contributed by atoms with van der Waals surface area (Å²) < 4.78 is 5.53. The Morgan fingerprint density at radius 3 is 2.67 bits per heavy atom. The molecular weight excluding hydrogens is 224 g/mol. The number of ether oxygens (including phenoxy) is 1. The van der Waals surface area contributed by atoms with E-state index in [1.54, 1.807) is 18.2 Å². The van der Waals surface area contributed by atoms with E-state index in [0.29, 0.717) is 12.4 Å². The molecule has 0 radical (unpaired) electrons. The number of benzene rings is 1. The minimum atomic E-state index is 0.233. The minimum Gasteiger partial charge on any atom is -0.508 e. The molecule has 0 aliphatic carbocycles. The fraction of sp³-hybridized carbons (Fsp3) is 0.375. The summed E-state index contributed by atoms with van der Waals surface area (Å²) in [5.41, 5.74) is 2.69. The van der Waals surface area contributed by atoms with Crippen molar-refractivity contribution in [3.05, 3.63) is 47.6 Å². The molecule has 0 aliphatic heterocycles. The van der Waals surface area contributed by atoms with Crippen LogP contribution in [0.4, 0.5) is 0 Å². The summed E-state index contributed by atoms with van der Waals surface area (Å²) in [6.07, 6.45) is 6.47. The molecule has 2 nitrogen and oxygen atoms in total. The van der Waals surface area contributed by atoms with Crippen LogP contribution >= 0.6 is 0 Å². The summed E-state index contributed by atoms with van der Waals surface area (Å²) in [7, 11) is 0. The van der Waals surface area contributed by atoms with E-state index in [2.05, 4.69) is 32.9 Å². The van der Waals surface area contributed by atoms with E-state index < -0.39 is 0 Å². The van der Waals surface area contributed by atoms with Gasteiger partial charge in [-0.25, -0.2) is 0 Å². The number of phenols is 1. The van der Waals surface area contributed by atoms with E-state index in [9.17, 15) is 5.11 Å². The molecule has 2 heteroatoms. The molecule has 0 bridgehead atoms. The number of phenolic OH excluding ortho intramolecular Hbond substituents is 1. The zero-order valence-corrected chi connectivity index (χ0v) is 11.4. The first-order valence-corrected chi connectivity index (χ1v) is 6.29. The quantitative estimate of drug-likeness (QED) is 0.751. The summed E-state index contributed by atoms with van der Waals surface area (Å²) in [5, 5.41) is 9.29. The van der Waals surface area contributed by atoms with Gasteiger partial charge in [-0.3, -0.25) is 0 Å². The van der Waals surface area contributed by atoms with Gasteiger partial charge in [-0.15, -0.1) is 0 Å². The molecule has 1 aromatic rings. The molecule has 0 fully saturated rings. The van der Waals surface area contributed by atoms with Crippen molar-refractivity contribution in [2.24, 2.45) is 0 Å². The monoisotopic (exact) mass is 246 g/mol. The van der Waals surface area contributed by atoms with Gasteiger partial charge in [-0.2, -0.15) is 0 Å². The third kappa shape index (κ3) is 6.14. The highest BCUT2D eigenvalue weighted by Gasteiger charge is 1.94. The van der Waals surface area contributed by atoms with E-state index in [4.69, 9.17) is 4.74 Å². The lowest BCUT2D eigenvalue weighted by Crippen LogP contribution is -1.94. The highest BCUT2D eigenvalue weighted by molar-refractivity contribution is 5.31. The summed E-state index contributed by atoms with van der Waals surface area (Å²) in [6, 6.07) is 6.86. The van der Waals surface area contributed by atoms with Crippen LogP contribution in [0.15, 0.2) is 47.6 Å². The molecular formula is C16H22O2. The van der Waals surface area contributed by atoms with Crippen molar-refractivity contribution in [3.8, 4) is 11.5 Å². The molecule has 18 heavy (non-hydrogen) atoms. The molecule has 0 amide bonds. The molecule has 98 valence electrons. The van der Waals surface area contributed by atoms with Gasteiger partial charge in [0.25, 0.3) is 0 Å². The van der Waals surface area contributed by atoms with Crippen molar-refractivity contribution in [3.63, 3.8) is 0 Å². The van der Waals surface area contributed by atoms with Crippen LogP contribution in [-0.4, -0.2) is 11.7 Å². The first kappa shape index (κ1) is 14.4. The molecule has 1 rings (SSSR count). The highest BCUT2D eigenvalue weighted by Crippen LogP contribution is 2.17. The van der Waals surface area contributed by atoms with Crippen molar-refractivity contribution in [2.45, 2.75) is 33.6 Å². The summed E-state index contributed by atoms with van der Waals surface area (Å²) in [6.45, 7) is 6.89. The molecule has 0 aromatic heterocycles. The van der Waals surface area contributed by atoms with Gasteiger partial charge in [0.2, 0.25) is 0 Å². The minimum absolute atomic E-state index is 0.233. The molecule has 0 heterocycles. The fourth-order valence-corrected chi connectivity index (χ4v) is 1.54. The van der Waals surface area contributed by atoms with Gasteiger partial charge in [0.05, 0.1) is 0 Å². The second kappa shape index (κ2) is 7.59. The number of aromatic hydroxyl groups is 1. The maximum atomic E-state index is 9.29. The fourth-order valence-electron chi connectivity index (χ4n) is 1.54. The lowest BCUT2D eigenvalue weighted by molar-refractivity contribution is 0.358. The Morgan fingerprint density at radius 1 is 1.22 bits per heavy atom. The molecule has 0 unspecified atom stereocenters. The topological polar surface area (TPSA) is 29.5 Å². The van der Waals surface area contributed by atoms with Crippen molar-refractivity contribution >= 4 is 0 Å². The molecule has 0 saturated carbocycles. The normalized spacial score (nSPS) is 11.2. The van der Waals surface area contributed by atoms with Crippen molar-refractivity contribution < 1.29 is 9.84 Å². The lowest BCUT2D eigenvalue weighted by atomic mass is 10.1. The Hall–Kier alpha value is -1.70. The van der Waals surface area contributed by atoms with Gasteiger partial charge in [0.1, 0.15) is 18.1 Å². The first-order chi connectivity index (χ1) is 8.58. The first-order valence-electron chi connectivity index (χ1n) is 6.29. The van der Waals surface area contributed by atoms with Crippen LogP contribution in [0.5, 0.6) is 11.5 Å². The largest absolute Gasteiger partial charge is 0.508 e. The molecule has 0 aliphatic rings. The highest BCUT2D eigenvalue weighted by atomic mass is 16.5. The van der Waals surface area contributed by atoms with E-state index >= 15 is 0 Å². The summed E-state index contributed by atoms with van der Waals surface area (Å²) in [4.78, 5) is 0. The van der Waals surface area contributed by atoms with Crippen LogP contribution in [0.1, 0.15) is 33.6 Å². The molecule has 1 aromatic carbocycles. The van der Waals surface area contributed by atoms with Crippen LogP contribution in [0.25, 0.3) is 0 Å². The third-order valence-corrected chi connectivity index (χ3v) is 2.59. The van der Waals surface area contributed by atoms with Gasteiger partial charge < -0.3 is 9.84 Å². The van der Waals surface area contributed by atoms with Crippen molar-refractivity contribution in [2.75, 3.05) is 6.61 Å². The lowest BCUT2D eigenvalue weighted by Gasteiger charge is -2.04. The number of hydrogen-bond acceptors (Lipinski definition) is 2. The van der Waals surface area contributed by atoms with Crippen LogP contribution < -0.4 is 4.74 Å². The smallest absolute Gasteiger partial charge is 0.123 e. The van der Waals surface area contributed by atoms with E-state index in [-0.39, 0.29) is 5.75 Å². The van der Waals surface area contributed by atoms with Crippen LogP contribution in [-0.2, 0) is 0 Å². The van der Waals surface area contributed by atoms with Crippen LogP contribution in [0.2, 0.25) is 0 Å². The Balaban J connectivity index is 2.33. The molecule has 0 saturated heterocycles. The van der Waals surface area contributed by atoms with E-state index in [0.717, 1.165) is 12.8 Å². The molecule has 0 atom stereocenters. The standard InChI is InChI=1S/C16H22O2/c1-13(2)6-4-7-14(3)10-11-18-16-9-5-8-15(17)12-16/h5-6,8-10,12,17H,4,7,11H2,1-3H3/b14-10+. The Kier molecular flexibility index (Phi) is 6.06. The Bertz CT molecular complexity index is 426. The van der Waals surface area contributed by atoms with Gasteiger partial charge >= 0.3 is 0 Å². The van der Waals surface area contributed by atoms with Crippen molar-refractivity contribution in [1.82, 2.24) is 0 Å². The van der Waals surface area contributed by atoms with Gasteiger partial charge in [-0.1, -0.05) is 23.3 Å². The molecule has 0 spiro atoms. The maximum absolute atomic E-state index is 9.29. The number of rotatable bonds is 6. The predicted octanol–water partition coefficient (Wildman–Crippen LogP) is 4.46. The Morgan fingerprint density at radius 2 is 2.00 bits per heavy atom. The average Bonchev–Trinajstić information content (AvgIpc) is 2.28.